The Morgan fingerprint density at radius 3 is 1.24 bits per heavy atom. The molecule has 6 fully saturated rings. The van der Waals surface area contributed by atoms with Crippen LogP contribution < -0.4 is 10.4 Å². The van der Waals surface area contributed by atoms with Crippen molar-refractivity contribution in [2.45, 2.75) is 103 Å². The van der Waals surface area contributed by atoms with E-state index in [-0.39, 0.29) is 53.0 Å². The SMILES string of the molecule is CC(C(=O)O)C1[C@H]2CC(O[Si](c3ccccc3)(c3ccccc3)C(C)(C)C)C[C@@H]12.COC(=O)C(C)C1[C@H]2CC(O)C[C@@H]12.COC(=O)C(C)C1[C@H]2CC(O)C[C@@H]12. The van der Waals surface area contributed by atoms with Gasteiger partial charge in [0.1, 0.15) is 0 Å². The van der Waals surface area contributed by atoms with E-state index in [0.29, 0.717) is 53.3 Å². The molecule has 0 bridgehead atoms. The number of carbonyl (C=O) groups is 3. The van der Waals surface area contributed by atoms with Crippen molar-refractivity contribution < 1.29 is 43.6 Å². The molecule has 302 valence electrons. The van der Waals surface area contributed by atoms with Gasteiger partial charge in [-0.15, -0.1) is 0 Å². The lowest BCUT2D eigenvalue weighted by Gasteiger charge is -2.45. The molecule has 6 aliphatic rings. The number of methoxy groups -OCH3 is 2. The molecule has 0 heterocycles. The summed E-state index contributed by atoms with van der Waals surface area (Å²) in [6.45, 7) is 12.7. The fourth-order valence-corrected chi connectivity index (χ4v) is 16.4. The van der Waals surface area contributed by atoms with Crippen LogP contribution in [0.3, 0.4) is 0 Å². The van der Waals surface area contributed by atoms with Crippen molar-refractivity contribution in [2.75, 3.05) is 14.2 Å². The standard InChI is InChI=1S/C25H32O3Si.2C10H16O3/c1-17(24(26)27)23-21-15-18(16-22(21)23)28-29(25(2,3)4,19-11-7-5-8-12-19)20-13-9-6-10-14-20;2*1-5(10(12)13-2)9-7-3-6(11)4-8(7)9/h5-14,17-18,21-23H,15-16H2,1-4H3,(H,26,27);2*5-9,11H,3-4H2,1-2H3/t17?,18?,21-,22+,23?;2*5?,6?,7-,8+,9?. The highest BCUT2D eigenvalue weighted by Crippen LogP contribution is 2.63. The molecule has 6 saturated carbocycles. The lowest BCUT2D eigenvalue weighted by Crippen LogP contribution is -2.67. The molecule has 2 aromatic carbocycles. The van der Waals surface area contributed by atoms with Crippen molar-refractivity contribution in [3.8, 4) is 0 Å². The maximum absolute atomic E-state index is 11.4. The second-order valence-corrected chi connectivity index (χ2v) is 22.8. The third-order valence-electron chi connectivity index (χ3n) is 14.5. The summed E-state index contributed by atoms with van der Waals surface area (Å²) in [6, 6.07) is 21.5. The summed E-state index contributed by atoms with van der Waals surface area (Å²) in [6.07, 6.45) is 5.52. The normalized spacial score (nSPS) is 35.2. The van der Waals surface area contributed by atoms with Crippen molar-refractivity contribution in [2.24, 2.45) is 71.0 Å². The minimum Gasteiger partial charge on any atom is -0.481 e. The van der Waals surface area contributed by atoms with Gasteiger partial charge in [0.2, 0.25) is 0 Å². The minimum atomic E-state index is -2.51. The van der Waals surface area contributed by atoms with E-state index >= 15 is 0 Å². The molecule has 6 aliphatic carbocycles. The summed E-state index contributed by atoms with van der Waals surface area (Å²) in [5.74, 6) is 3.63. The van der Waals surface area contributed by atoms with Gasteiger partial charge in [-0.3, -0.25) is 14.4 Å². The van der Waals surface area contributed by atoms with Crippen molar-refractivity contribution >= 4 is 36.6 Å². The number of fused-ring (bicyclic) bond motifs is 3. The smallest absolute Gasteiger partial charge is 0.308 e. The van der Waals surface area contributed by atoms with E-state index in [2.05, 4.69) is 81.4 Å². The van der Waals surface area contributed by atoms with Crippen molar-refractivity contribution in [3.63, 3.8) is 0 Å². The predicted molar refractivity (Wildman–Crippen MR) is 213 cm³/mol. The highest BCUT2D eigenvalue weighted by atomic mass is 28.4. The van der Waals surface area contributed by atoms with Gasteiger partial charge >= 0.3 is 17.9 Å². The van der Waals surface area contributed by atoms with Crippen LogP contribution in [0.1, 0.15) is 80.1 Å². The average molecular weight is 777 g/mol. The summed E-state index contributed by atoms with van der Waals surface area (Å²) in [5.41, 5.74) is 0. The monoisotopic (exact) mass is 776 g/mol. The number of hydrogen-bond donors (Lipinski definition) is 3. The van der Waals surface area contributed by atoms with Crippen LogP contribution in [0.2, 0.25) is 5.04 Å². The molecular weight excluding hydrogens is 713 g/mol. The number of carboxylic acids is 1. The van der Waals surface area contributed by atoms with E-state index < -0.39 is 14.3 Å². The Balaban J connectivity index is 0.000000163. The van der Waals surface area contributed by atoms with E-state index in [9.17, 15) is 29.7 Å². The van der Waals surface area contributed by atoms with Gasteiger partial charge < -0.3 is 29.2 Å². The lowest BCUT2D eigenvalue weighted by molar-refractivity contribution is -0.146. The van der Waals surface area contributed by atoms with Crippen LogP contribution in [0.15, 0.2) is 60.7 Å². The van der Waals surface area contributed by atoms with Crippen LogP contribution >= 0.6 is 0 Å². The number of aliphatic carboxylic acids is 1. The molecule has 3 N–H and O–H groups in total. The third kappa shape index (κ3) is 8.34. The Kier molecular flexibility index (Phi) is 12.4. The van der Waals surface area contributed by atoms with E-state index in [4.69, 9.17) is 13.9 Å². The Labute approximate surface area is 328 Å². The summed E-state index contributed by atoms with van der Waals surface area (Å²) in [4.78, 5) is 33.8. The number of esters is 2. The summed E-state index contributed by atoms with van der Waals surface area (Å²) in [5, 5.41) is 30.6. The molecule has 8 rings (SSSR count). The number of carbonyl (C=O) groups excluding carboxylic acids is 2. The first-order valence-electron chi connectivity index (χ1n) is 20.6. The molecule has 0 aliphatic heterocycles. The zero-order valence-corrected chi connectivity index (χ0v) is 35.0. The molecule has 55 heavy (non-hydrogen) atoms. The van der Waals surface area contributed by atoms with E-state index in [1.165, 1.54) is 24.6 Å². The van der Waals surface area contributed by atoms with Crippen molar-refractivity contribution in [1.82, 2.24) is 0 Å². The van der Waals surface area contributed by atoms with E-state index in [0.717, 1.165) is 38.5 Å². The van der Waals surface area contributed by atoms with Gasteiger partial charge in [-0.05, 0) is 107 Å². The molecule has 10 heteroatoms. The zero-order valence-electron chi connectivity index (χ0n) is 34.0. The number of rotatable bonds is 10. The van der Waals surface area contributed by atoms with E-state index in [1.807, 2.05) is 20.8 Å². The Morgan fingerprint density at radius 1 is 0.600 bits per heavy atom. The molecule has 9 nitrogen and oxygen atoms in total. The van der Waals surface area contributed by atoms with Crippen LogP contribution in [0, 0.1) is 71.0 Å². The number of aliphatic hydroxyl groups is 2. The molecular formula is C45H64O9Si. The largest absolute Gasteiger partial charge is 0.481 e. The van der Waals surface area contributed by atoms with Crippen LogP contribution in [-0.2, 0) is 28.3 Å². The number of benzene rings is 2. The van der Waals surface area contributed by atoms with Gasteiger partial charge in [0, 0.05) is 6.10 Å². The number of ether oxygens (including phenoxy) is 2. The lowest BCUT2D eigenvalue weighted by atomic mass is 9.98. The first-order valence-corrected chi connectivity index (χ1v) is 22.5. The first-order chi connectivity index (χ1) is 26.0. The van der Waals surface area contributed by atoms with Gasteiger partial charge in [0.05, 0.1) is 44.2 Å². The molecule has 0 spiro atoms. The van der Waals surface area contributed by atoms with E-state index in [1.54, 1.807) is 0 Å². The first kappa shape index (κ1) is 41.6. The van der Waals surface area contributed by atoms with Gasteiger partial charge in [0.15, 0.2) is 0 Å². The van der Waals surface area contributed by atoms with Gasteiger partial charge in [-0.25, -0.2) is 0 Å². The fourth-order valence-electron chi connectivity index (χ4n) is 11.7. The molecule has 0 aromatic heterocycles. The van der Waals surface area contributed by atoms with Crippen LogP contribution in [0.5, 0.6) is 0 Å². The third-order valence-corrected chi connectivity index (χ3v) is 19.6. The maximum Gasteiger partial charge on any atom is 0.308 e. The molecule has 15 atom stereocenters. The van der Waals surface area contributed by atoms with Crippen molar-refractivity contribution in [1.29, 1.82) is 0 Å². The predicted octanol–water partition coefficient (Wildman–Crippen LogP) is 5.93. The number of carboxylic acid groups (broad SMARTS) is 1. The van der Waals surface area contributed by atoms with Gasteiger partial charge in [-0.2, -0.15) is 0 Å². The van der Waals surface area contributed by atoms with Gasteiger partial charge in [-0.1, -0.05) is 102 Å². The van der Waals surface area contributed by atoms with Crippen LogP contribution in [0.4, 0.5) is 0 Å². The maximum atomic E-state index is 11.4. The summed E-state index contributed by atoms with van der Waals surface area (Å²) < 4.78 is 16.6. The van der Waals surface area contributed by atoms with Crippen molar-refractivity contribution in [3.05, 3.63) is 60.7 Å². The Bertz CT molecular complexity index is 1520. The molecule has 0 amide bonds. The average Bonchev–Trinajstić information content (AvgIpc) is 4.03. The Hall–Kier alpha value is -3.05. The summed E-state index contributed by atoms with van der Waals surface area (Å²) in [7, 11) is 0.362. The summed E-state index contributed by atoms with van der Waals surface area (Å²) >= 11 is 0. The second-order valence-electron chi connectivity index (χ2n) is 18.6. The zero-order chi connectivity index (χ0) is 40.0. The Morgan fingerprint density at radius 2 is 0.927 bits per heavy atom. The topological polar surface area (TPSA) is 140 Å². The van der Waals surface area contributed by atoms with Crippen LogP contribution in [-0.4, -0.2) is 74.1 Å². The number of hydrogen-bond acceptors (Lipinski definition) is 8. The van der Waals surface area contributed by atoms with Gasteiger partial charge in [0.25, 0.3) is 8.32 Å². The molecule has 0 radical (unpaired) electrons. The number of aliphatic hydroxyl groups excluding tert-OH is 2. The highest BCUT2D eigenvalue weighted by molar-refractivity contribution is 6.99. The molecule has 9 unspecified atom stereocenters. The van der Waals surface area contributed by atoms with Crippen LogP contribution in [0.25, 0.3) is 0 Å². The quantitative estimate of drug-likeness (QED) is 0.198. The molecule has 0 saturated heterocycles. The molecule has 2 aromatic rings. The minimum absolute atomic E-state index is 0.0176. The highest BCUT2D eigenvalue weighted by Gasteiger charge is 2.62. The second kappa shape index (κ2) is 16.4. The fraction of sp³-hybridized carbons (Fsp3) is 0.667.